The van der Waals surface area contributed by atoms with Gasteiger partial charge in [-0.2, -0.15) is 0 Å². The molecule has 0 aliphatic heterocycles. The van der Waals surface area contributed by atoms with Crippen molar-refractivity contribution in [2.45, 2.75) is 6.54 Å². The second-order valence-corrected chi connectivity index (χ2v) is 9.03. The molecule has 0 radical (unpaired) electrons. The molecule has 4 aromatic rings. The Hall–Kier alpha value is -3.88. The summed E-state index contributed by atoms with van der Waals surface area (Å²) in [6, 6.07) is 14.5. The predicted octanol–water partition coefficient (Wildman–Crippen LogP) is 5.28. The van der Waals surface area contributed by atoms with E-state index in [1.165, 1.54) is 9.75 Å². The SMILES string of the molecule is C=CN(Cc1ccc(-c2ccc3ncnc(NC)c3c2)s1)c1ncccc1C(=C)[N+](=C)CCOC. The van der Waals surface area contributed by atoms with Crippen LogP contribution in [0.5, 0.6) is 0 Å². The Morgan fingerprint density at radius 2 is 2.06 bits per heavy atom. The zero-order valence-electron chi connectivity index (χ0n) is 20.1. The number of pyridine rings is 1. The molecule has 0 spiro atoms. The van der Waals surface area contributed by atoms with Gasteiger partial charge in [0.25, 0.3) is 0 Å². The number of ether oxygens (including phenoxy) is 1. The summed E-state index contributed by atoms with van der Waals surface area (Å²) in [5.74, 6) is 1.61. The van der Waals surface area contributed by atoms with Crippen LogP contribution in [0.4, 0.5) is 11.6 Å². The molecular formula is C27H29N6OS+. The average Bonchev–Trinajstić information content (AvgIpc) is 3.38. The van der Waals surface area contributed by atoms with E-state index in [4.69, 9.17) is 4.74 Å². The van der Waals surface area contributed by atoms with Gasteiger partial charge in [-0.05, 0) is 54.7 Å². The molecule has 4 rings (SSSR count). The number of nitrogens with zero attached hydrogens (tertiary/aromatic N) is 5. The maximum absolute atomic E-state index is 5.18. The molecule has 3 heterocycles. The van der Waals surface area contributed by atoms with Crippen molar-refractivity contribution < 1.29 is 9.31 Å². The first-order chi connectivity index (χ1) is 17.0. The van der Waals surface area contributed by atoms with Gasteiger partial charge in [0.05, 0.1) is 17.6 Å². The number of hydrogen-bond acceptors (Lipinski definition) is 7. The molecule has 0 amide bonds. The molecule has 0 bridgehead atoms. The van der Waals surface area contributed by atoms with E-state index in [0.29, 0.717) is 19.7 Å². The molecule has 0 saturated carbocycles. The van der Waals surface area contributed by atoms with Crippen molar-refractivity contribution in [2.24, 2.45) is 0 Å². The molecule has 0 unspecified atom stereocenters. The van der Waals surface area contributed by atoms with E-state index in [1.54, 1.807) is 37.2 Å². The Morgan fingerprint density at radius 1 is 1.20 bits per heavy atom. The predicted molar refractivity (Wildman–Crippen MR) is 146 cm³/mol. The topological polar surface area (TPSA) is 66.2 Å². The first-order valence-electron chi connectivity index (χ1n) is 11.2. The summed E-state index contributed by atoms with van der Waals surface area (Å²) in [5.41, 5.74) is 3.73. The second-order valence-electron chi connectivity index (χ2n) is 7.86. The summed E-state index contributed by atoms with van der Waals surface area (Å²) >= 11 is 1.74. The van der Waals surface area contributed by atoms with Crippen LogP contribution in [0, 0.1) is 0 Å². The lowest BCUT2D eigenvalue weighted by atomic mass is 10.1. The fourth-order valence-electron chi connectivity index (χ4n) is 3.78. The maximum Gasteiger partial charge on any atom is 0.208 e. The Morgan fingerprint density at radius 3 is 2.83 bits per heavy atom. The van der Waals surface area contributed by atoms with Crippen LogP contribution < -0.4 is 10.2 Å². The first-order valence-corrected chi connectivity index (χ1v) is 12.0. The molecular weight excluding hydrogens is 456 g/mol. The number of aromatic nitrogens is 3. The molecule has 178 valence electrons. The van der Waals surface area contributed by atoms with E-state index >= 15 is 0 Å². The Labute approximate surface area is 209 Å². The summed E-state index contributed by atoms with van der Waals surface area (Å²) in [5, 5.41) is 4.14. The molecule has 1 aromatic carbocycles. The first kappa shape index (κ1) is 24.3. The van der Waals surface area contributed by atoms with Gasteiger partial charge in [-0.3, -0.25) is 0 Å². The number of anilines is 2. The van der Waals surface area contributed by atoms with Crippen LogP contribution >= 0.6 is 11.3 Å². The van der Waals surface area contributed by atoms with Gasteiger partial charge in [-0.1, -0.05) is 12.6 Å². The third-order valence-corrected chi connectivity index (χ3v) is 6.80. The zero-order chi connectivity index (χ0) is 24.8. The van der Waals surface area contributed by atoms with Gasteiger partial charge in [-0.25, -0.2) is 19.5 Å². The van der Waals surface area contributed by atoms with Crippen LogP contribution in [-0.2, 0) is 11.3 Å². The van der Waals surface area contributed by atoms with Crippen molar-refractivity contribution in [3.63, 3.8) is 0 Å². The van der Waals surface area contributed by atoms with Crippen molar-refractivity contribution in [3.05, 3.63) is 84.8 Å². The van der Waals surface area contributed by atoms with Crippen molar-refractivity contribution in [1.29, 1.82) is 0 Å². The monoisotopic (exact) mass is 485 g/mol. The Kier molecular flexibility index (Phi) is 7.64. The quantitative estimate of drug-likeness (QED) is 0.230. The minimum atomic E-state index is 0.567. The average molecular weight is 486 g/mol. The van der Waals surface area contributed by atoms with Crippen molar-refractivity contribution in [3.8, 4) is 10.4 Å². The van der Waals surface area contributed by atoms with Gasteiger partial charge < -0.3 is 15.0 Å². The summed E-state index contributed by atoms with van der Waals surface area (Å²) in [6.45, 7) is 14.2. The summed E-state index contributed by atoms with van der Waals surface area (Å²) in [6.07, 6.45) is 5.15. The van der Waals surface area contributed by atoms with E-state index in [2.05, 4.69) is 64.4 Å². The highest BCUT2D eigenvalue weighted by Gasteiger charge is 2.20. The van der Waals surface area contributed by atoms with Gasteiger partial charge in [0.2, 0.25) is 5.70 Å². The number of thiophene rings is 1. The van der Waals surface area contributed by atoms with Crippen LogP contribution in [0.15, 0.2) is 74.3 Å². The third kappa shape index (κ3) is 5.29. The third-order valence-electron chi connectivity index (χ3n) is 5.68. The number of rotatable bonds is 11. The fraction of sp³-hybridized carbons (Fsp3) is 0.185. The molecule has 0 aliphatic rings. The number of methoxy groups -OCH3 is 1. The van der Waals surface area contributed by atoms with Gasteiger partial charge >= 0.3 is 0 Å². The number of nitrogens with one attached hydrogen (secondary N) is 1. The molecule has 0 saturated heterocycles. The fourth-order valence-corrected chi connectivity index (χ4v) is 4.78. The van der Waals surface area contributed by atoms with Gasteiger partial charge in [-0.15, -0.1) is 11.3 Å². The molecule has 35 heavy (non-hydrogen) atoms. The highest BCUT2D eigenvalue weighted by atomic mass is 32.1. The minimum Gasteiger partial charge on any atom is -0.378 e. The largest absolute Gasteiger partial charge is 0.378 e. The Bertz CT molecular complexity index is 1380. The smallest absolute Gasteiger partial charge is 0.208 e. The molecule has 8 heteroatoms. The standard InChI is InChI=1S/C27H29N6OS/c1-6-33(27-22(8-7-13-29-27)19(2)32(4)14-15-34-5)17-21-10-12-25(35-21)20-9-11-24-23(16-20)26(28-3)31-18-30-24/h6-13,16,18H,1-2,4,14-15,17H2,3,5H3,(H,28,30,31)/q+1. The molecule has 0 aliphatic carbocycles. The van der Waals surface area contributed by atoms with E-state index in [-0.39, 0.29) is 0 Å². The highest BCUT2D eigenvalue weighted by Crippen LogP contribution is 2.33. The number of hydrogen-bond donors (Lipinski definition) is 1. The molecule has 0 atom stereocenters. The van der Waals surface area contributed by atoms with Crippen LogP contribution in [0.2, 0.25) is 0 Å². The van der Waals surface area contributed by atoms with Gasteiger partial charge in [0, 0.05) is 35.5 Å². The Balaban J connectivity index is 1.59. The van der Waals surface area contributed by atoms with Crippen molar-refractivity contribution in [1.82, 2.24) is 15.0 Å². The van der Waals surface area contributed by atoms with Crippen LogP contribution in [-0.4, -0.2) is 53.6 Å². The summed E-state index contributed by atoms with van der Waals surface area (Å²) in [4.78, 5) is 17.7. The molecule has 7 nitrogen and oxygen atoms in total. The lowest BCUT2D eigenvalue weighted by Gasteiger charge is -2.21. The summed E-state index contributed by atoms with van der Waals surface area (Å²) < 4.78 is 7.01. The number of fused-ring (bicyclic) bond motifs is 1. The molecule has 1 N–H and O–H groups in total. The van der Waals surface area contributed by atoms with Gasteiger partial charge in [0.1, 0.15) is 31.3 Å². The van der Waals surface area contributed by atoms with Crippen molar-refractivity contribution in [2.75, 3.05) is 37.5 Å². The minimum absolute atomic E-state index is 0.567. The van der Waals surface area contributed by atoms with Crippen LogP contribution in [0.25, 0.3) is 27.0 Å². The zero-order valence-corrected chi connectivity index (χ0v) is 20.9. The van der Waals surface area contributed by atoms with E-state index in [0.717, 1.165) is 39.4 Å². The van der Waals surface area contributed by atoms with E-state index in [9.17, 15) is 0 Å². The lowest BCUT2D eigenvalue weighted by molar-refractivity contribution is -0.426. The molecule has 0 fully saturated rings. The van der Waals surface area contributed by atoms with E-state index in [1.807, 2.05) is 34.7 Å². The lowest BCUT2D eigenvalue weighted by Crippen LogP contribution is -2.20. The van der Waals surface area contributed by atoms with Gasteiger partial charge in [0.15, 0.2) is 6.54 Å². The molecule has 3 aromatic heterocycles. The summed E-state index contributed by atoms with van der Waals surface area (Å²) in [7, 11) is 3.54. The van der Waals surface area contributed by atoms with Crippen LogP contribution in [0.3, 0.4) is 0 Å². The van der Waals surface area contributed by atoms with Crippen molar-refractivity contribution >= 4 is 46.3 Å². The van der Waals surface area contributed by atoms with Crippen LogP contribution in [0.1, 0.15) is 10.4 Å². The number of benzene rings is 1. The maximum atomic E-state index is 5.18. The highest BCUT2D eigenvalue weighted by molar-refractivity contribution is 7.15. The van der Waals surface area contributed by atoms with E-state index < -0.39 is 0 Å². The normalized spacial score (nSPS) is 10.8. The second kappa shape index (κ2) is 11.0.